The summed E-state index contributed by atoms with van der Waals surface area (Å²) in [7, 11) is 0. The van der Waals surface area contributed by atoms with E-state index in [1.165, 1.54) is 25.7 Å². The van der Waals surface area contributed by atoms with E-state index in [1.54, 1.807) is 6.07 Å². The smallest absolute Gasteiger partial charge is 0.161 e. The van der Waals surface area contributed by atoms with Crippen molar-refractivity contribution in [3.63, 3.8) is 0 Å². The van der Waals surface area contributed by atoms with E-state index in [1.807, 2.05) is 12.1 Å². The third-order valence-corrected chi connectivity index (χ3v) is 3.83. The van der Waals surface area contributed by atoms with Gasteiger partial charge >= 0.3 is 0 Å². The summed E-state index contributed by atoms with van der Waals surface area (Å²) < 4.78 is 0. The molecule has 0 saturated heterocycles. The fourth-order valence-electron chi connectivity index (χ4n) is 2.30. The molecule has 0 radical (unpaired) electrons. The van der Waals surface area contributed by atoms with Gasteiger partial charge in [-0.3, -0.25) is 0 Å². The molecule has 0 amide bonds. The highest BCUT2D eigenvalue weighted by Crippen LogP contribution is 2.45. The normalized spacial score (nSPS) is 19.1. The minimum Gasteiger partial charge on any atom is -0.367 e. The van der Waals surface area contributed by atoms with Gasteiger partial charge in [-0.15, -0.1) is 0 Å². The summed E-state index contributed by atoms with van der Waals surface area (Å²) in [6.07, 6.45) is 5.31. The van der Waals surface area contributed by atoms with E-state index in [-0.39, 0.29) is 0 Å². The molecule has 17 heavy (non-hydrogen) atoms. The number of nitrogens with one attached hydrogen (secondary N) is 1. The predicted molar refractivity (Wildman–Crippen MR) is 66.8 cm³/mol. The highest BCUT2D eigenvalue weighted by Gasteiger charge is 2.41. The standard InChI is InChI=1S/C13H14ClN3/c14-10-5-6-12(16-11(10)7-15)17-13(8-1-2-8)9-3-4-9/h5-6,8-9,13H,1-4H2,(H,16,17). The fourth-order valence-corrected chi connectivity index (χ4v) is 2.45. The van der Waals surface area contributed by atoms with Gasteiger partial charge in [0, 0.05) is 6.04 Å². The maximum absolute atomic E-state index is 8.90. The second-order valence-corrected chi connectivity index (χ2v) is 5.39. The summed E-state index contributed by atoms with van der Waals surface area (Å²) in [5.74, 6) is 2.41. The Hall–Kier alpha value is -1.27. The molecule has 1 heterocycles. The summed E-state index contributed by atoms with van der Waals surface area (Å²) in [5.41, 5.74) is 0.307. The zero-order chi connectivity index (χ0) is 11.8. The van der Waals surface area contributed by atoms with Crippen molar-refractivity contribution >= 4 is 17.4 Å². The molecule has 0 bridgehead atoms. The number of aromatic nitrogens is 1. The number of anilines is 1. The van der Waals surface area contributed by atoms with E-state index in [0.717, 1.165) is 17.7 Å². The molecular weight excluding hydrogens is 234 g/mol. The maximum atomic E-state index is 8.90. The lowest BCUT2D eigenvalue weighted by atomic mass is 10.1. The first kappa shape index (κ1) is 10.9. The number of nitrogens with zero attached hydrogens (tertiary/aromatic N) is 2. The molecule has 1 N–H and O–H groups in total. The molecule has 0 atom stereocenters. The van der Waals surface area contributed by atoms with Crippen LogP contribution in [0.1, 0.15) is 31.4 Å². The van der Waals surface area contributed by atoms with Crippen molar-refractivity contribution in [3.8, 4) is 6.07 Å². The van der Waals surface area contributed by atoms with Gasteiger partial charge < -0.3 is 5.32 Å². The molecule has 1 aromatic heterocycles. The molecule has 1 aromatic rings. The molecule has 0 aliphatic heterocycles. The van der Waals surface area contributed by atoms with Gasteiger partial charge in [-0.1, -0.05) is 11.6 Å². The molecular formula is C13H14ClN3. The lowest BCUT2D eigenvalue weighted by Gasteiger charge is -2.18. The minimum absolute atomic E-state index is 0.307. The van der Waals surface area contributed by atoms with Gasteiger partial charge in [0.15, 0.2) is 5.69 Å². The van der Waals surface area contributed by atoms with Crippen molar-refractivity contribution in [2.45, 2.75) is 31.7 Å². The average Bonchev–Trinajstić information content (AvgIpc) is 3.18. The predicted octanol–water partition coefficient (Wildman–Crippen LogP) is 3.21. The van der Waals surface area contributed by atoms with Gasteiger partial charge in [0.2, 0.25) is 0 Å². The van der Waals surface area contributed by atoms with E-state index in [0.29, 0.717) is 16.8 Å². The molecule has 2 aliphatic rings. The van der Waals surface area contributed by atoms with Gasteiger partial charge in [-0.05, 0) is 49.7 Å². The van der Waals surface area contributed by atoms with Crippen molar-refractivity contribution in [1.29, 1.82) is 5.26 Å². The van der Waals surface area contributed by atoms with Crippen molar-refractivity contribution in [2.24, 2.45) is 11.8 Å². The number of rotatable bonds is 4. The number of hydrogen-bond acceptors (Lipinski definition) is 3. The summed E-state index contributed by atoms with van der Waals surface area (Å²) in [5, 5.41) is 12.8. The summed E-state index contributed by atoms with van der Waals surface area (Å²) in [4.78, 5) is 4.25. The molecule has 4 heteroatoms. The van der Waals surface area contributed by atoms with Gasteiger partial charge in [-0.2, -0.15) is 5.26 Å². The van der Waals surface area contributed by atoms with Crippen LogP contribution in [0.15, 0.2) is 12.1 Å². The average molecular weight is 248 g/mol. The Labute approximate surface area is 106 Å². The second kappa shape index (κ2) is 4.19. The molecule has 88 valence electrons. The molecule has 2 saturated carbocycles. The quantitative estimate of drug-likeness (QED) is 0.889. The molecule has 2 aliphatic carbocycles. The van der Waals surface area contributed by atoms with Crippen LogP contribution in [0.4, 0.5) is 5.82 Å². The third kappa shape index (κ3) is 2.37. The molecule has 3 nitrogen and oxygen atoms in total. The second-order valence-electron chi connectivity index (χ2n) is 4.98. The first-order chi connectivity index (χ1) is 8.28. The SMILES string of the molecule is N#Cc1nc(NC(C2CC2)C2CC2)ccc1Cl. The number of hydrogen-bond donors (Lipinski definition) is 1. The van der Waals surface area contributed by atoms with Crippen LogP contribution in [-0.2, 0) is 0 Å². The third-order valence-electron chi connectivity index (χ3n) is 3.53. The van der Waals surface area contributed by atoms with Gasteiger partial charge in [0.1, 0.15) is 11.9 Å². The van der Waals surface area contributed by atoms with Crippen LogP contribution in [0.5, 0.6) is 0 Å². The maximum Gasteiger partial charge on any atom is 0.161 e. The van der Waals surface area contributed by atoms with Crippen LogP contribution in [0.2, 0.25) is 5.02 Å². The van der Waals surface area contributed by atoms with Crippen molar-refractivity contribution in [3.05, 3.63) is 22.8 Å². The first-order valence-corrected chi connectivity index (χ1v) is 6.49. The molecule has 0 spiro atoms. The van der Waals surface area contributed by atoms with Gasteiger partial charge in [0.25, 0.3) is 0 Å². The highest BCUT2D eigenvalue weighted by molar-refractivity contribution is 6.31. The Kier molecular flexibility index (Phi) is 2.68. The topological polar surface area (TPSA) is 48.7 Å². The lowest BCUT2D eigenvalue weighted by molar-refractivity contribution is 0.565. The number of pyridine rings is 1. The van der Waals surface area contributed by atoms with E-state index in [9.17, 15) is 0 Å². The van der Waals surface area contributed by atoms with Crippen molar-refractivity contribution < 1.29 is 0 Å². The van der Waals surface area contributed by atoms with E-state index in [2.05, 4.69) is 10.3 Å². The summed E-state index contributed by atoms with van der Waals surface area (Å²) in [6, 6.07) is 6.17. The Bertz CT molecular complexity index is 460. The summed E-state index contributed by atoms with van der Waals surface area (Å²) >= 11 is 5.87. The van der Waals surface area contributed by atoms with E-state index < -0.39 is 0 Å². The zero-order valence-corrected chi connectivity index (χ0v) is 10.2. The number of nitriles is 1. The van der Waals surface area contributed by atoms with Crippen LogP contribution < -0.4 is 5.32 Å². The van der Waals surface area contributed by atoms with Crippen LogP contribution >= 0.6 is 11.6 Å². The molecule has 3 rings (SSSR count). The largest absolute Gasteiger partial charge is 0.367 e. The van der Waals surface area contributed by atoms with Crippen LogP contribution in [-0.4, -0.2) is 11.0 Å². The Morgan fingerprint density at radius 2 is 1.94 bits per heavy atom. The zero-order valence-electron chi connectivity index (χ0n) is 9.49. The van der Waals surface area contributed by atoms with Crippen molar-refractivity contribution in [2.75, 3.05) is 5.32 Å². The Morgan fingerprint density at radius 3 is 2.47 bits per heavy atom. The monoisotopic (exact) mass is 247 g/mol. The van der Waals surface area contributed by atoms with Crippen LogP contribution in [0.25, 0.3) is 0 Å². The Morgan fingerprint density at radius 1 is 1.29 bits per heavy atom. The first-order valence-electron chi connectivity index (χ1n) is 6.11. The van der Waals surface area contributed by atoms with Crippen LogP contribution in [0.3, 0.4) is 0 Å². The van der Waals surface area contributed by atoms with Crippen molar-refractivity contribution in [1.82, 2.24) is 4.98 Å². The van der Waals surface area contributed by atoms with Gasteiger partial charge in [0.05, 0.1) is 5.02 Å². The molecule has 0 unspecified atom stereocenters. The molecule has 2 fully saturated rings. The van der Waals surface area contributed by atoms with Crippen LogP contribution in [0, 0.1) is 23.2 Å². The highest BCUT2D eigenvalue weighted by atomic mass is 35.5. The lowest BCUT2D eigenvalue weighted by Crippen LogP contribution is -2.24. The van der Waals surface area contributed by atoms with E-state index >= 15 is 0 Å². The minimum atomic E-state index is 0.307. The summed E-state index contributed by atoms with van der Waals surface area (Å²) in [6.45, 7) is 0. The fraction of sp³-hybridized carbons (Fsp3) is 0.538. The Balaban J connectivity index is 1.77. The molecule has 0 aromatic carbocycles. The van der Waals surface area contributed by atoms with Gasteiger partial charge in [-0.25, -0.2) is 4.98 Å². The number of halogens is 1. The van der Waals surface area contributed by atoms with E-state index in [4.69, 9.17) is 16.9 Å².